The van der Waals surface area contributed by atoms with Crippen LogP contribution in [0.5, 0.6) is 0 Å². The molecule has 1 atom stereocenters. The van der Waals surface area contributed by atoms with E-state index < -0.39 is 11.0 Å². The van der Waals surface area contributed by atoms with Crippen molar-refractivity contribution in [3.63, 3.8) is 0 Å². The van der Waals surface area contributed by atoms with Gasteiger partial charge < -0.3 is 17.6 Å². The van der Waals surface area contributed by atoms with Gasteiger partial charge in [-0.3, -0.25) is 14.9 Å². The third kappa shape index (κ3) is 4.70. The summed E-state index contributed by atoms with van der Waals surface area (Å²) in [6, 6.07) is 8.73. The Morgan fingerprint density at radius 2 is 1.81 bits per heavy atom. The van der Waals surface area contributed by atoms with Crippen LogP contribution in [0.2, 0.25) is 0 Å². The molecular weight excluding hydrogens is 350 g/mol. The molecule has 2 rings (SSSR count). The standard InChI is InChI=1S/C19H21N3O3S/c1-3-5-14-10-12-21(13-11-14)17(19(26)20-4-2)18(23)15-6-8-16(9-7-15)22(24)25/h6-13,17H,3-5H2,1-2H3/t17-/m0/s1. The number of nitrogens with zero attached hydrogens (tertiary/aromatic N) is 3. The summed E-state index contributed by atoms with van der Waals surface area (Å²) in [4.78, 5) is 27.5. The average Bonchev–Trinajstić information content (AvgIpc) is 2.64. The lowest BCUT2D eigenvalue weighted by atomic mass is 10.0. The number of aryl methyl sites for hydroxylation is 1. The zero-order valence-corrected chi connectivity index (χ0v) is 15.6. The minimum absolute atomic E-state index is 0.0597. The molecule has 2 aromatic rings. The number of carbonyl (C=O) groups excluding carboxylic acids is 1. The van der Waals surface area contributed by atoms with E-state index in [1.165, 1.54) is 29.8 Å². The minimum atomic E-state index is -0.748. The van der Waals surface area contributed by atoms with E-state index in [1.807, 2.05) is 31.5 Å². The molecule has 0 aliphatic carbocycles. The third-order valence-electron chi connectivity index (χ3n) is 3.92. The lowest BCUT2D eigenvalue weighted by Crippen LogP contribution is -2.47. The van der Waals surface area contributed by atoms with Crippen molar-refractivity contribution >= 4 is 29.1 Å². The Balaban J connectivity index is 2.39. The van der Waals surface area contributed by atoms with Gasteiger partial charge in [0, 0.05) is 36.4 Å². The van der Waals surface area contributed by atoms with Gasteiger partial charge in [0.15, 0.2) is 12.4 Å². The highest BCUT2D eigenvalue weighted by Gasteiger charge is 2.28. The van der Waals surface area contributed by atoms with Gasteiger partial charge in [0.05, 0.1) is 4.92 Å². The number of benzene rings is 1. The van der Waals surface area contributed by atoms with Gasteiger partial charge in [0.1, 0.15) is 0 Å². The molecule has 0 saturated heterocycles. The highest BCUT2D eigenvalue weighted by Crippen LogP contribution is 2.16. The molecule has 136 valence electrons. The number of rotatable bonds is 8. The number of nitro groups is 1. The van der Waals surface area contributed by atoms with Crippen molar-refractivity contribution in [2.45, 2.75) is 32.7 Å². The summed E-state index contributed by atoms with van der Waals surface area (Å²) in [6.45, 7) is 4.45. The Labute approximate surface area is 158 Å². The first-order chi connectivity index (χ1) is 12.5. The number of ketones is 1. The number of pyridine rings is 1. The fourth-order valence-corrected chi connectivity index (χ4v) is 2.98. The number of hydrogen-bond acceptors (Lipinski definition) is 5. The molecule has 1 aromatic heterocycles. The molecule has 0 bridgehead atoms. The van der Waals surface area contributed by atoms with Crippen molar-refractivity contribution in [1.29, 1.82) is 0 Å². The maximum Gasteiger partial charge on any atom is 0.269 e. The van der Waals surface area contributed by atoms with Crippen molar-refractivity contribution in [1.82, 2.24) is 0 Å². The molecule has 0 aliphatic rings. The van der Waals surface area contributed by atoms with Crippen LogP contribution >= 0.6 is 0 Å². The molecule has 26 heavy (non-hydrogen) atoms. The first kappa shape index (κ1) is 19.7. The fourth-order valence-electron chi connectivity index (χ4n) is 2.62. The van der Waals surface area contributed by atoms with Crippen molar-refractivity contribution in [2.75, 3.05) is 6.54 Å². The summed E-state index contributed by atoms with van der Waals surface area (Å²) in [5.41, 5.74) is 1.48. The number of aromatic nitrogens is 1. The Morgan fingerprint density at radius 3 is 2.31 bits per heavy atom. The Morgan fingerprint density at radius 1 is 1.19 bits per heavy atom. The smallest absolute Gasteiger partial charge is 0.269 e. The van der Waals surface area contributed by atoms with Crippen LogP contribution in [0.1, 0.15) is 42.2 Å². The van der Waals surface area contributed by atoms with Crippen LogP contribution in [0, 0.1) is 10.1 Å². The quantitative estimate of drug-likeness (QED) is 0.136. The summed E-state index contributed by atoms with van der Waals surface area (Å²) >= 11 is 5.37. The van der Waals surface area contributed by atoms with Gasteiger partial charge in [-0.2, -0.15) is 4.57 Å². The third-order valence-corrected chi connectivity index (χ3v) is 4.27. The molecule has 0 fully saturated rings. The normalized spacial score (nSPS) is 12.6. The second-order valence-electron chi connectivity index (χ2n) is 5.79. The largest absolute Gasteiger partial charge is 0.758 e. The Kier molecular flexibility index (Phi) is 6.91. The van der Waals surface area contributed by atoms with Gasteiger partial charge in [0.2, 0.25) is 11.8 Å². The summed E-state index contributed by atoms with van der Waals surface area (Å²) in [5, 5.41) is 11.1. The van der Waals surface area contributed by atoms with Crippen LogP contribution in [0.3, 0.4) is 0 Å². The van der Waals surface area contributed by atoms with Gasteiger partial charge in [-0.1, -0.05) is 13.3 Å². The number of Topliss-reactive ketones (excluding diaryl/α,β-unsaturated/α-hetero) is 1. The van der Waals surface area contributed by atoms with Crippen LogP contribution in [0.15, 0.2) is 53.8 Å². The molecule has 0 radical (unpaired) electrons. The second kappa shape index (κ2) is 9.15. The first-order valence-corrected chi connectivity index (χ1v) is 8.88. The molecule has 0 saturated carbocycles. The molecule has 7 heteroatoms. The molecule has 6 nitrogen and oxygen atoms in total. The van der Waals surface area contributed by atoms with Crippen molar-refractivity contribution in [3.8, 4) is 0 Å². The number of aliphatic imine (C=N–C) groups is 1. The molecule has 0 N–H and O–H groups in total. The average molecular weight is 371 g/mol. The summed E-state index contributed by atoms with van der Waals surface area (Å²) in [5.74, 6) is -0.240. The van der Waals surface area contributed by atoms with Crippen molar-refractivity contribution in [2.24, 2.45) is 4.99 Å². The highest BCUT2D eigenvalue weighted by atomic mass is 32.1. The van der Waals surface area contributed by atoms with Crippen LogP contribution in [0.25, 0.3) is 0 Å². The zero-order chi connectivity index (χ0) is 19.1. The molecule has 0 aliphatic heterocycles. The number of nitro benzene ring substituents is 1. The fraction of sp³-hybridized carbons (Fsp3) is 0.316. The predicted molar refractivity (Wildman–Crippen MR) is 102 cm³/mol. The van der Waals surface area contributed by atoms with E-state index in [4.69, 9.17) is 12.6 Å². The first-order valence-electron chi connectivity index (χ1n) is 8.47. The number of non-ortho nitro benzene ring substituents is 1. The topological polar surface area (TPSA) is 76.5 Å². The summed E-state index contributed by atoms with van der Waals surface area (Å²) < 4.78 is 1.74. The zero-order valence-electron chi connectivity index (χ0n) is 14.8. The maximum atomic E-state index is 13.0. The van der Waals surface area contributed by atoms with E-state index in [0.717, 1.165) is 12.8 Å². The van der Waals surface area contributed by atoms with Crippen molar-refractivity contribution in [3.05, 3.63) is 70.0 Å². The lowest BCUT2D eigenvalue weighted by molar-refractivity contribution is -0.692. The van der Waals surface area contributed by atoms with Crippen LogP contribution in [-0.4, -0.2) is 22.3 Å². The van der Waals surface area contributed by atoms with Gasteiger partial charge >= 0.3 is 0 Å². The molecular formula is C19H21N3O3S. The lowest BCUT2D eigenvalue weighted by Gasteiger charge is -2.18. The highest BCUT2D eigenvalue weighted by molar-refractivity contribution is 7.77. The van der Waals surface area contributed by atoms with E-state index in [9.17, 15) is 14.9 Å². The monoisotopic (exact) mass is 371 g/mol. The second-order valence-corrected chi connectivity index (χ2v) is 6.21. The van der Waals surface area contributed by atoms with Crippen LogP contribution in [0.4, 0.5) is 5.69 Å². The Bertz CT molecular complexity index is 802. The molecule has 0 unspecified atom stereocenters. The minimum Gasteiger partial charge on any atom is -0.758 e. The van der Waals surface area contributed by atoms with Gasteiger partial charge in [-0.15, -0.1) is 0 Å². The SMILES string of the molecule is CCCc1cc[n+]([C@@H](C(=O)c2ccc([N+](=O)[O-])cc2)C([S-])=NCC)cc1. The van der Waals surface area contributed by atoms with Crippen molar-refractivity contribution < 1.29 is 14.3 Å². The molecule has 1 heterocycles. The van der Waals surface area contributed by atoms with Crippen LogP contribution < -0.4 is 4.57 Å². The van der Waals surface area contributed by atoms with E-state index in [-0.39, 0.29) is 11.5 Å². The van der Waals surface area contributed by atoms with E-state index >= 15 is 0 Å². The van der Waals surface area contributed by atoms with Gasteiger partial charge in [-0.25, -0.2) is 0 Å². The number of hydrogen-bond donors (Lipinski definition) is 0. The van der Waals surface area contributed by atoms with E-state index in [2.05, 4.69) is 11.9 Å². The number of carbonyl (C=O) groups is 1. The Hall–Kier alpha value is -2.67. The van der Waals surface area contributed by atoms with Crippen LogP contribution in [-0.2, 0) is 19.0 Å². The van der Waals surface area contributed by atoms with E-state index in [0.29, 0.717) is 17.2 Å². The van der Waals surface area contributed by atoms with E-state index in [1.54, 1.807) is 4.57 Å². The predicted octanol–water partition coefficient (Wildman–Crippen LogP) is 3.22. The summed E-state index contributed by atoms with van der Waals surface area (Å²) in [6.07, 6.45) is 5.66. The molecule has 0 amide bonds. The van der Waals surface area contributed by atoms with Gasteiger partial charge in [-0.05, 0) is 36.1 Å². The van der Waals surface area contributed by atoms with Gasteiger partial charge in [0.25, 0.3) is 5.69 Å². The maximum absolute atomic E-state index is 13.0. The molecule has 0 spiro atoms. The summed E-state index contributed by atoms with van der Waals surface area (Å²) in [7, 11) is 0. The molecule has 1 aromatic carbocycles.